The molecule has 1 unspecified atom stereocenters. The minimum atomic E-state index is -0.818. The molecule has 3 rings (SSSR count). The van der Waals surface area contributed by atoms with Crippen LogP contribution in [0.25, 0.3) is 10.9 Å². The van der Waals surface area contributed by atoms with Gasteiger partial charge >= 0.3 is 0 Å². The van der Waals surface area contributed by atoms with Crippen LogP contribution in [0.4, 0.5) is 0 Å². The zero-order valence-corrected chi connectivity index (χ0v) is 15.0. The highest BCUT2D eigenvalue weighted by Gasteiger charge is 2.19. The van der Waals surface area contributed by atoms with Gasteiger partial charge in [-0.15, -0.1) is 0 Å². The number of methoxy groups -OCH3 is 2. The molecule has 0 aliphatic carbocycles. The number of fused-ring (bicyclic) bond motifs is 1. The van der Waals surface area contributed by atoms with E-state index in [-0.39, 0.29) is 12.5 Å². The first-order chi connectivity index (χ1) is 12.6. The molecule has 1 heterocycles. The summed E-state index contributed by atoms with van der Waals surface area (Å²) >= 11 is 0. The topological polar surface area (TPSA) is 72.7 Å². The van der Waals surface area contributed by atoms with Gasteiger partial charge in [0.25, 0.3) is 5.91 Å². The molecule has 3 aromatic rings. The summed E-state index contributed by atoms with van der Waals surface area (Å²) in [6, 6.07) is 12.9. The SMILES string of the molecule is COc1cccc(C(=O)NCC(O)c2cn(C)c3ccccc23)c1OC. The zero-order valence-electron chi connectivity index (χ0n) is 15.0. The van der Waals surface area contributed by atoms with Crippen LogP contribution >= 0.6 is 0 Å². The van der Waals surface area contributed by atoms with Crippen molar-refractivity contribution in [1.29, 1.82) is 0 Å². The molecule has 136 valence electrons. The summed E-state index contributed by atoms with van der Waals surface area (Å²) in [5, 5.41) is 14.3. The van der Waals surface area contributed by atoms with Crippen LogP contribution in [0.1, 0.15) is 22.0 Å². The molecule has 6 heteroatoms. The second-order valence-electron chi connectivity index (χ2n) is 5.98. The number of ether oxygens (including phenoxy) is 2. The number of benzene rings is 2. The molecule has 1 aromatic heterocycles. The summed E-state index contributed by atoms with van der Waals surface area (Å²) in [6.45, 7) is 0.0905. The number of para-hydroxylation sites is 2. The van der Waals surface area contributed by atoms with Crippen LogP contribution in [0.3, 0.4) is 0 Å². The molecule has 0 bridgehead atoms. The van der Waals surface area contributed by atoms with E-state index in [0.29, 0.717) is 17.1 Å². The number of hydrogen-bond donors (Lipinski definition) is 2. The molecule has 2 N–H and O–H groups in total. The molecular formula is C20H22N2O4. The molecule has 0 saturated carbocycles. The van der Waals surface area contributed by atoms with Crippen LogP contribution in [-0.4, -0.2) is 36.3 Å². The normalized spacial score (nSPS) is 12.0. The van der Waals surface area contributed by atoms with Gasteiger partial charge in [-0.1, -0.05) is 24.3 Å². The summed E-state index contributed by atoms with van der Waals surface area (Å²) < 4.78 is 12.5. The number of aliphatic hydroxyl groups excluding tert-OH is 1. The number of rotatable bonds is 6. The van der Waals surface area contributed by atoms with Crippen molar-refractivity contribution >= 4 is 16.8 Å². The minimum absolute atomic E-state index is 0.0905. The van der Waals surface area contributed by atoms with Crippen molar-refractivity contribution in [3.8, 4) is 11.5 Å². The van der Waals surface area contributed by atoms with Gasteiger partial charge in [-0.2, -0.15) is 0 Å². The van der Waals surface area contributed by atoms with E-state index in [1.807, 2.05) is 42.1 Å². The molecule has 0 aliphatic heterocycles. The molecule has 2 aromatic carbocycles. The summed E-state index contributed by atoms with van der Waals surface area (Å²) in [5.74, 6) is 0.516. The molecule has 1 atom stereocenters. The second-order valence-corrected chi connectivity index (χ2v) is 5.98. The van der Waals surface area contributed by atoms with Crippen LogP contribution < -0.4 is 14.8 Å². The van der Waals surface area contributed by atoms with Gasteiger partial charge in [0, 0.05) is 36.3 Å². The van der Waals surface area contributed by atoms with Crippen molar-refractivity contribution in [3.63, 3.8) is 0 Å². The van der Waals surface area contributed by atoms with Gasteiger partial charge in [-0.05, 0) is 18.2 Å². The zero-order chi connectivity index (χ0) is 18.7. The molecule has 0 spiro atoms. The van der Waals surface area contributed by atoms with Gasteiger partial charge in [-0.3, -0.25) is 4.79 Å². The number of aliphatic hydroxyl groups is 1. The fourth-order valence-electron chi connectivity index (χ4n) is 3.10. The van der Waals surface area contributed by atoms with Crippen molar-refractivity contribution in [2.45, 2.75) is 6.10 Å². The Bertz CT molecular complexity index is 933. The van der Waals surface area contributed by atoms with Crippen molar-refractivity contribution in [2.75, 3.05) is 20.8 Å². The van der Waals surface area contributed by atoms with Crippen molar-refractivity contribution in [1.82, 2.24) is 9.88 Å². The summed E-state index contributed by atoms with van der Waals surface area (Å²) in [6.07, 6.45) is 1.06. The lowest BCUT2D eigenvalue weighted by atomic mass is 10.1. The van der Waals surface area contributed by atoms with E-state index in [0.717, 1.165) is 16.5 Å². The van der Waals surface area contributed by atoms with E-state index in [9.17, 15) is 9.90 Å². The average molecular weight is 354 g/mol. The number of nitrogens with one attached hydrogen (secondary N) is 1. The van der Waals surface area contributed by atoms with Crippen LogP contribution in [0.2, 0.25) is 0 Å². The maximum atomic E-state index is 12.5. The summed E-state index contributed by atoms with van der Waals surface area (Å²) in [4.78, 5) is 12.5. The Balaban J connectivity index is 1.77. The van der Waals surface area contributed by atoms with Crippen LogP contribution in [0.15, 0.2) is 48.7 Å². The first-order valence-corrected chi connectivity index (χ1v) is 8.28. The Morgan fingerprint density at radius 2 is 1.92 bits per heavy atom. The number of aromatic nitrogens is 1. The predicted molar refractivity (Wildman–Crippen MR) is 99.8 cm³/mol. The Morgan fingerprint density at radius 1 is 1.15 bits per heavy atom. The number of carbonyl (C=O) groups is 1. The van der Waals surface area contributed by atoms with E-state index < -0.39 is 6.10 Å². The lowest BCUT2D eigenvalue weighted by Gasteiger charge is -2.14. The first-order valence-electron chi connectivity index (χ1n) is 8.28. The molecule has 0 fully saturated rings. The summed E-state index contributed by atoms with van der Waals surface area (Å²) in [7, 11) is 4.93. The van der Waals surface area contributed by atoms with Gasteiger partial charge in [0.15, 0.2) is 11.5 Å². The highest BCUT2D eigenvalue weighted by molar-refractivity contribution is 5.97. The fourth-order valence-corrected chi connectivity index (χ4v) is 3.10. The highest BCUT2D eigenvalue weighted by Crippen LogP contribution is 2.31. The molecule has 26 heavy (non-hydrogen) atoms. The largest absolute Gasteiger partial charge is 0.493 e. The number of carbonyl (C=O) groups excluding carboxylic acids is 1. The standard InChI is InChI=1S/C20H22N2O4/c1-22-12-15(13-7-4-5-9-16(13)22)17(23)11-21-20(24)14-8-6-10-18(25-2)19(14)26-3/h4-10,12,17,23H,11H2,1-3H3,(H,21,24). The highest BCUT2D eigenvalue weighted by atomic mass is 16.5. The number of hydrogen-bond acceptors (Lipinski definition) is 4. The van der Waals surface area contributed by atoms with Crippen molar-refractivity contribution in [2.24, 2.45) is 7.05 Å². The van der Waals surface area contributed by atoms with E-state index in [1.54, 1.807) is 18.2 Å². The third-order valence-electron chi connectivity index (χ3n) is 4.39. The summed E-state index contributed by atoms with van der Waals surface area (Å²) in [5.41, 5.74) is 2.17. The Kier molecular flexibility index (Phi) is 5.14. The van der Waals surface area contributed by atoms with Crippen LogP contribution in [0, 0.1) is 0 Å². The maximum Gasteiger partial charge on any atom is 0.255 e. The van der Waals surface area contributed by atoms with Crippen molar-refractivity contribution < 1.29 is 19.4 Å². The monoisotopic (exact) mass is 354 g/mol. The molecule has 0 radical (unpaired) electrons. The minimum Gasteiger partial charge on any atom is -0.493 e. The van der Waals surface area contributed by atoms with E-state index in [1.165, 1.54) is 14.2 Å². The third kappa shape index (κ3) is 3.23. The van der Waals surface area contributed by atoms with Gasteiger partial charge in [0.05, 0.1) is 25.9 Å². The molecule has 1 amide bonds. The van der Waals surface area contributed by atoms with Crippen LogP contribution in [0.5, 0.6) is 11.5 Å². The number of aryl methyl sites for hydroxylation is 1. The van der Waals surface area contributed by atoms with E-state index in [2.05, 4.69) is 5.32 Å². The van der Waals surface area contributed by atoms with Gasteiger partial charge in [0.2, 0.25) is 0 Å². The smallest absolute Gasteiger partial charge is 0.255 e. The second kappa shape index (κ2) is 7.49. The fraction of sp³-hybridized carbons (Fsp3) is 0.250. The quantitative estimate of drug-likeness (QED) is 0.714. The predicted octanol–water partition coefficient (Wildman–Crippen LogP) is 2.66. The molecule has 0 aliphatic rings. The van der Waals surface area contributed by atoms with Gasteiger partial charge in [-0.25, -0.2) is 0 Å². The molecular weight excluding hydrogens is 332 g/mol. The van der Waals surface area contributed by atoms with E-state index >= 15 is 0 Å². The van der Waals surface area contributed by atoms with E-state index in [4.69, 9.17) is 9.47 Å². The Morgan fingerprint density at radius 3 is 2.65 bits per heavy atom. The Hall–Kier alpha value is -2.99. The number of nitrogens with zero attached hydrogens (tertiary/aromatic N) is 1. The number of amides is 1. The lowest BCUT2D eigenvalue weighted by Crippen LogP contribution is -2.28. The van der Waals surface area contributed by atoms with Crippen molar-refractivity contribution in [3.05, 3.63) is 59.8 Å². The molecule has 6 nitrogen and oxygen atoms in total. The molecule has 0 saturated heterocycles. The lowest BCUT2D eigenvalue weighted by molar-refractivity contribution is 0.0913. The van der Waals surface area contributed by atoms with Crippen LogP contribution in [-0.2, 0) is 7.05 Å². The average Bonchev–Trinajstić information content (AvgIpc) is 3.02. The third-order valence-corrected chi connectivity index (χ3v) is 4.39. The Labute approximate surface area is 152 Å². The van der Waals surface area contributed by atoms with Gasteiger partial charge < -0.3 is 24.5 Å². The maximum absolute atomic E-state index is 12.5. The van der Waals surface area contributed by atoms with Gasteiger partial charge in [0.1, 0.15) is 0 Å². The first kappa shape index (κ1) is 17.8.